The van der Waals surface area contributed by atoms with Crippen LogP contribution in [-0.4, -0.2) is 38.0 Å². The normalized spacial score (nSPS) is 31.5. The Kier molecular flexibility index (Phi) is 3.27. The fraction of sp³-hybridized carbons (Fsp3) is 0.889. The summed E-state index contributed by atoms with van der Waals surface area (Å²) >= 11 is 0. The minimum absolute atomic E-state index is 0.276. The van der Waals surface area contributed by atoms with Crippen LogP contribution in [0, 0.1) is 0 Å². The highest BCUT2D eigenvalue weighted by Crippen LogP contribution is 2.40. The molecule has 1 heterocycles. The summed E-state index contributed by atoms with van der Waals surface area (Å²) in [4.78, 5) is 11.3. The van der Waals surface area contributed by atoms with E-state index in [1.165, 1.54) is 0 Å². The maximum atomic E-state index is 11.3. The Morgan fingerprint density at radius 2 is 2.23 bits per heavy atom. The molecule has 0 saturated carbocycles. The molecule has 0 aliphatic carbocycles. The van der Waals surface area contributed by atoms with Crippen molar-refractivity contribution in [1.29, 1.82) is 0 Å². The van der Waals surface area contributed by atoms with Crippen LogP contribution in [0.5, 0.6) is 0 Å². The van der Waals surface area contributed by atoms with Gasteiger partial charge in [0.1, 0.15) is 5.60 Å². The largest absolute Gasteiger partial charge is 0.464 e. The molecule has 0 bridgehead atoms. The quantitative estimate of drug-likeness (QED) is 0.471. The minimum Gasteiger partial charge on any atom is -0.464 e. The van der Waals surface area contributed by atoms with E-state index in [4.69, 9.17) is 14.2 Å². The zero-order valence-electron chi connectivity index (χ0n) is 8.33. The summed E-state index contributed by atoms with van der Waals surface area (Å²) in [5, 5.41) is 0. The van der Waals surface area contributed by atoms with Crippen LogP contribution < -0.4 is 0 Å². The first-order valence-corrected chi connectivity index (χ1v) is 4.53. The van der Waals surface area contributed by atoms with E-state index in [0.29, 0.717) is 13.2 Å². The van der Waals surface area contributed by atoms with Crippen molar-refractivity contribution in [3.63, 3.8) is 0 Å². The Bertz CT molecular complexity index is 192. The summed E-state index contributed by atoms with van der Waals surface area (Å²) in [7, 11) is 1.60. The second-order valence-corrected chi connectivity index (χ2v) is 3.10. The lowest BCUT2D eigenvalue weighted by atomic mass is 10.0. The fourth-order valence-electron chi connectivity index (χ4n) is 1.41. The van der Waals surface area contributed by atoms with E-state index in [-0.39, 0.29) is 5.97 Å². The highest BCUT2D eigenvalue weighted by Gasteiger charge is 2.60. The Morgan fingerprint density at radius 1 is 1.54 bits per heavy atom. The van der Waals surface area contributed by atoms with Gasteiger partial charge in [0.2, 0.25) is 0 Å². The Hall–Kier alpha value is -0.610. The zero-order valence-corrected chi connectivity index (χ0v) is 8.33. The van der Waals surface area contributed by atoms with Gasteiger partial charge in [-0.3, -0.25) is 0 Å². The number of rotatable bonds is 5. The molecular weight excluding hydrogens is 172 g/mol. The molecule has 4 heteroatoms. The van der Waals surface area contributed by atoms with Gasteiger partial charge in [0, 0.05) is 7.11 Å². The summed E-state index contributed by atoms with van der Waals surface area (Å²) in [6, 6.07) is 0. The van der Waals surface area contributed by atoms with Crippen molar-refractivity contribution in [2.24, 2.45) is 0 Å². The first-order valence-electron chi connectivity index (χ1n) is 4.53. The molecular formula is C9H16O4. The highest BCUT2D eigenvalue weighted by atomic mass is 16.7. The van der Waals surface area contributed by atoms with E-state index >= 15 is 0 Å². The second-order valence-electron chi connectivity index (χ2n) is 3.10. The molecule has 13 heavy (non-hydrogen) atoms. The van der Waals surface area contributed by atoms with Gasteiger partial charge in [0.05, 0.1) is 13.2 Å². The topological polar surface area (TPSA) is 48.1 Å². The van der Waals surface area contributed by atoms with Crippen molar-refractivity contribution in [3.05, 3.63) is 0 Å². The van der Waals surface area contributed by atoms with E-state index in [0.717, 1.165) is 6.42 Å². The minimum atomic E-state index is -0.419. The molecule has 0 aromatic rings. The number of methoxy groups -OCH3 is 1. The number of hydrogen-bond donors (Lipinski definition) is 0. The maximum Gasteiger partial charge on any atom is 0.338 e. The third kappa shape index (κ3) is 2.00. The van der Waals surface area contributed by atoms with Crippen LogP contribution >= 0.6 is 0 Å². The number of esters is 1. The van der Waals surface area contributed by atoms with E-state index in [1.807, 2.05) is 6.92 Å². The summed E-state index contributed by atoms with van der Waals surface area (Å²) in [6.45, 7) is 4.60. The summed E-state index contributed by atoms with van der Waals surface area (Å²) in [5.74, 6) is -0.276. The Morgan fingerprint density at radius 3 is 2.69 bits per heavy atom. The van der Waals surface area contributed by atoms with Crippen molar-refractivity contribution in [1.82, 2.24) is 0 Å². The van der Waals surface area contributed by atoms with Crippen LogP contribution in [0.3, 0.4) is 0 Å². The molecule has 1 aliphatic rings. The van der Waals surface area contributed by atoms with E-state index in [9.17, 15) is 4.79 Å². The summed E-state index contributed by atoms with van der Waals surface area (Å²) < 4.78 is 15.1. The predicted molar refractivity (Wildman–Crippen MR) is 46.4 cm³/mol. The lowest BCUT2D eigenvalue weighted by molar-refractivity contribution is -0.144. The van der Waals surface area contributed by atoms with Crippen molar-refractivity contribution in [2.75, 3.05) is 20.3 Å². The van der Waals surface area contributed by atoms with E-state index < -0.39 is 11.7 Å². The van der Waals surface area contributed by atoms with E-state index in [1.54, 1.807) is 14.0 Å². The standard InChI is InChI=1S/C9H16O4/c1-4-9(6-11-3)7(13-9)8(10)12-5-2/h7H,4-6H2,1-3H3. The van der Waals surface area contributed by atoms with Crippen LogP contribution in [0.15, 0.2) is 0 Å². The average molecular weight is 188 g/mol. The Labute approximate surface area is 78.2 Å². The number of epoxide rings is 1. The van der Waals surface area contributed by atoms with Gasteiger partial charge in [-0.15, -0.1) is 0 Å². The molecule has 1 rings (SSSR count). The van der Waals surface area contributed by atoms with Gasteiger partial charge in [-0.25, -0.2) is 4.79 Å². The molecule has 1 aliphatic heterocycles. The molecule has 0 aromatic heterocycles. The molecule has 1 fully saturated rings. The number of hydrogen-bond acceptors (Lipinski definition) is 4. The molecule has 76 valence electrons. The smallest absolute Gasteiger partial charge is 0.338 e. The average Bonchev–Trinajstić information content (AvgIpc) is 2.82. The molecule has 0 radical (unpaired) electrons. The van der Waals surface area contributed by atoms with Crippen LogP contribution in [0.25, 0.3) is 0 Å². The lowest BCUT2D eigenvalue weighted by Crippen LogP contribution is -2.26. The third-order valence-corrected chi connectivity index (χ3v) is 2.26. The van der Waals surface area contributed by atoms with Crippen LogP contribution in [0.2, 0.25) is 0 Å². The monoisotopic (exact) mass is 188 g/mol. The van der Waals surface area contributed by atoms with Crippen LogP contribution in [0.4, 0.5) is 0 Å². The van der Waals surface area contributed by atoms with Gasteiger partial charge in [-0.05, 0) is 13.3 Å². The lowest BCUT2D eigenvalue weighted by Gasteiger charge is -2.07. The molecule has 2 atom stereocenters. The maximum absolute atomic E-state index is 11.3. The van der Waals surface area contributed by atoms with Crippen molar-refractivity contribution in [2.45, 2.75) is 32.0 Å². The van der Waals surface area contributed by atoms with Gasteiger partial charge < -0.3 is 14.2 Å². The molecule has 1 saturated heterocycles. The van der Waals surface area contributed by atoms with Crippen molar-refractivity contribution < 1.29 is 19.0 Å². The Balaban J connectivity index is 2.44. The van der Waals surface area contributed by atoms with Gasteiger partial charge in [0.15, 0.2) is 6.10 Å². The van der Waals surface area contributed by atoms with Gasteiger partial charge in [-0.2, -0.15) is 0 Å². The zero-order chi connectivity index (χ0) is 9.90. The van der Waals surface area contributed by atoms with Crippen LogP contribution in [-0.2, 0) is 19.0 Å². The van der Waals surface area contributed by atoms with Gasteiger partial charge in [0.25, 0.3) is 0 Å². The first-order chi connectivity index (χ1) is 6.20. The SMILES string of the molecule is CCOC(=O)C1OC1(CC)COC. The number of ether oxygens (including phenoxy) is 3. The third-order valence-electron chi connectivity index (χ3n) is 2.26. The molecule has 0 spiro atoms. The van der Waals surface area contributed by atoms with Crippen molar-refractivity contribution in [3.8, 4) is 0 Å². The second kappa shape index (κ2) is 4.07. The fourth-order valence-corrected chi connectivity index (χ4v) is 1.41. The number of carbonyl (C=O) groups is 1. The number of carbonyl (C=O) groups excluding carboxylic acids is 1. The molecule has 4 nitrogen and oxygen atoms in total. The summed E-state index contributed by atoms with van der Waals surface area (Å²) in [5.41, 5.74) is -0.416. The molecule has 0 N–H and O–H groups in total. The van der Waals surface area contributed by atoms with Crippen LogP contribution in [0.1, 0.15) is 20.3 Å². The first kappa shape index (κ1) is 10.5. The van der Waals surface area contributed by atoms with Gasteiger partial charge in [-0.1, -0.05) is 6.92 Å². The van der Waals surface area contributed by atoms with Crippen molar-refractivity contribution >= 4 is 5.97 Å². The highest BCUT2D eigenvalue weighted by molar-refractivity contribution is 5.79. The van der Waals surface area contributed by atoms with Gasteiger partial charge >= 0.3 is 5.97 Å². The molecule has 2 unspecified atom stereocenters. The molecule has 0 aromatic carbocycles. The molecule has 0 amide bonds. The summed E-state index contributed by atoms with van der Waals surface area (Å²) in [6.07, 6.45) is 0.349. The predicted octanol–water partition coefficient (Wildman–Crippen LogP) is 0.743. The van der Waals surface area contributed by atoms with E-state index in [2.05, 4.69) is 0 Å².